The van der Waals surface area contributed by atoms with Gasteiger partial charge in [0.25, 0.3) is 0 Å². The van der Waals surface area contributed by atoms with E-state index >= 15 is 0 Å². The molecule has 14 rings (SSSR count). The predicted octanol–water partition coefficient (Wildman–Crippen LogP) is 18.3. The van der Waals surface area contributed by atoms with Crippen molar-refractivity contribution in [3.8, 4) is 44.5 Å². The first-order valence-corrected chi connectivity index (χ1v) is 23.5. The van der Waals surface area contributed by atoms with E-state index in [-0.39, 0.29) is 5.41 Å². The van der Waals surface area contributed by atoms with Gasteiger partial charge in [-0.05, 0) is 130 Å². The van der Waals surface area contributed by atoms with Gasteiger partial charge in [0, 0.05) is 51.1 Å². The Hall–Kier alpha value is -7.10. The van der Waals surface area contributed by atoms with Crippen LogP contribution in [0.2, 0.25) is 0 Å². The summed E-state index contributed by atoms with van der Waals surface area (Å²) in [7, 11) is 0. The van der Waals surface area contributed by atoms with E-state index in [1.807, 2.05) is 22.7 Å². The molecular formula is C61H38S2. The lowest BCUT2D eigenvalue weighted by Crippen LogP contribution is -2.15. The first-order chi connectivity index (χ1) is 31.0. The van der Waals surface area contributed by atoms with Gasteiger partial charge in [-0.3, -0.25) is 0 Å². The molecule has 0 fully saturated rings. The van der Waals surface area contributed by atoms with E-state index in [0.717, 1.165) is 0 Å². The molecule has 11 aromatic carbocycles. The summed E-state index contributed by atoms with van der Waals surface area (Å²) in [6, 6.07) is 73.4. The summed E-state index contributed by atoms with van der Waals surface area (Å²) in [5.74, 6) is 0. The Labute approximate surface area is 372 Å². The fourth-order valence-electron chi connectivity index (χ4n) is 11.3. The van der Waals surface area contributed by atoms with Gasteiger partial charge in [-0.25, -0.2) is 0 Å². The summed E-state index contributed by atoms with van der Waals surface area (Å²) < 4.78 is 5.40. The third kappa shape index (κ3) is 4.97. The second-order valence-corrected chi connectivity index (χ2v) is 20.1. The number of hydrogen-bond donors (Lipinski definition) is 0. The van der Waals surface area contributed by atoms with E-state index in [4.69, 9.17) is 0 Å². The molecule has 1 aliphatic rings. The smallest absolute Gasteiger partial charge is 0.0362 e. The highest BCUT2D eigenvalue weighted by atomic mass is 32.1. The number of thiophene rings is 2. The molecule has 0 spiro atoms. The average Bonchev–Trinajstić information content (AvgIpc) is 3.97. The molecule has 0 amide bonds. The summed E-state index contributed by atoms with van der Waals surface area (Å²) in [5, 5.41) is 15.9. The van der Waals surface area contributed by atoms with E-state index in [1.165, 1.54) is 139 Å². The van der Waals surface area contributed by atoms with Crippen LogP contribution in [0.5, 0.6) is 0 Å². The molecule has 2 aromatic heterocycles. The summed E-state index contributed by atoms with van der Waals surface area (Å²) >= 11 is 3.82. The maximum absolute atomic E-state index is 2.50. The number of benzene rings is 11. The standard InChI is InChI=1S/C61H38S2/c1-61(2)50-32-37(38-23-29-49-55(34-38)63-54-31-26-36-25-30-53-59(57(36)60(49)54)48-19-9-10-21-52(48)62-53)22-27-41(50)42-28-24-39(33-51(42)61)56-44-15-5-7-17-46(44)58(47-18-8-6-16-45(47)56)43-20-11-13-35-12-3-4-14-40(35)43/h3-34H,1-2H3. The maximum Gasteiger partial charge on any atom is 0.0362 e. The predicted molar refractivity (Wildman–Crippen MR) is 276 cm³/mol. The SMILES string of the molecule is CC1(C)c2cc(-c3ccc4c(c3)sc3ccc5ccc6sc7ccccc7c6c5c34)ccc2-c2ccc(-c3c4ccccc4c(-c4cccc5ccccc45)c4ccccc34)cc21. The topological polar surface area (TPSA) is 0 Å². The molecule has 0 bridgehead atoms. The fourth-order valence-corrected chi connectivity index (χ4v) is 13.6. The van der Waals surface area contributed by atoms with Crippen molar-refractivity contribution in [3.63, 3.8) is 0 Å². The highest BCUT2D eigenvalue weighted by Crippen LogP contribution is 2.53. The lowest BCUT2D eigenvalue weighted by molar-refractivity contribution is 0.661. The molecule has 13 aromatic rings. The Bertz CT molecular complexity index is 4060. The Morgan fingerprint density at radius 1 is 0.302 bits per heavy atom. The number of rotatable bonds is 3. The van der Waals surface area contributed by atoms with Gasteiger partial charge >= 0.3 is 0 Å². The van der Waals surface area contributed by atoms with Gasteiger partial charge in [0.2, 0.25) is 0 Å². The van der Waals surface area contributed by atoms with E-state index < -0.39 is 0 Å². The van der Waals surface area contributed by atoms with Crippen LogP contribution in [-0.4, -0.2) is 0 Å². The Kier molecular flexibility index (Phi) is 7.31. The molecule has 0 unspecified atom stereocenters. The molecule has 1 aliphatic carbocycles. The van der Waals surface area contributed by atoms with Gasteiger partial charge in [-0.1, -0.05) is 172 Å². The second-order valence-electron chi connectivity index (χ2n) is 17.9. The van der Waals surface area contributed by atoms with Crippen molar-refractivity contribution in [1.82, 2.24) is 0 Å². The first-order valence-electron chi connectivity index (χ1n) is 21.9. The molecule has 63 heavy (non-hydrogen) atoms. The van der Waals surface area contributed by atoms with Crippen LogP contribution in [0, 0.1) is 0 Å². The lowest BCUT2D eigenvalue weighted by Gasteiger charge is -2.23. The molecule has 0 nitrogen and oxygen atoms in total. The van der Waals surface area contributed by atoms with Crippen molar-refractivity contribution in [2.45, 2.75) is 19.3 Å². The van der Waals surface area contributed by atoms with Crippen LogP contribution in [0.4, 0.5) is 0 Å². The van der Waals surface area contributed by atoms with Crippen molar-refractivity contribution >= 4 is 106 Å². The molecule has 0 saturated carbocycles. The Morgan fingerprint density at radius 2 is 0.810 bits per heavy atom. The van der Waals surface area contributed by atoms with E-state index in [1.54, 1.807) is 0 Å². The highest BCUT2D eigenvalue weighted by Gasteiger charge is 2.36. The molecule has 0 atom stereocenters. The molecular weight excluding hydrogens is 797 g/mol. The maximum atomic E-state index is 2.50. The number of hydrogen-bond acceptors (Lipinski definition) is 2. The zero-order chi connectivity index (χ0) is 41.6. The average molecular weight is 835 g/mol. The van der Waals surface area contributed by atoms with Crippen LogP contribution < -0.4 is 0 Å². The zero-order valence-electron chi connectivity index (χ0n) is 34.8. The van der Waals surface area contributed by atoms with Gasteiger partial charge < -0.3 is 0 Å². The van der Waals surface area contributed by atoms with Crippen LogP contribution >= 0.6 is 22.7 Å². The van der Waals surface area contributed by atoms with Crippen molar-refractivity contribution in [3.05, 3.63) is 205 Å². The summed E-state index contributed by atoms with van der Waals surface area (Å²) in [4.78, 5) is 0. The van der Waals surface area contributed by atoms with Crippen molar-refractivity contribution < 1.29 is 0 Å². The minimum Gasteiger partial charge on any atom is -0.135 e. The minimum absolute atomic E-state index is 0.180. The quantitative estimate of drug-likeness (QED) is 0.156. The Balaban J connectivity index is 0.897. The second kappa shape index (κ2) is 13.0. The largest absolute Gasteiger partial charge is 0.135 e. The van der Waals surface area contributed by atoms with Crippen LogP contribution in [0.15, 0.2) is 194 Å². The zero-order valence-corrected chi connectivity index (χ0v) is 36.4. The normalized spacial score (nSPS) is 13.4. The monoisotopic (exact) mass is 834 g/mol. The van der Waals surface area contributed by atoms with Crippen LogP contribution in [0.1, 0.15) is 25.0 Å². The highest BCUT2D eigenvalue weighted by molar-refractivity contribution is 7.27. The van der Waals surface area contributed by atoms with Gasteiger partial charge in [0.15, 0.2) is 0 Å². The van der Waals surface area contributed by atoms with Crippen molar-refractivity contribution in [1.29, 1.82) is 0 Å². The molecule has 2 heterocycles. The minimum atomic E-state index is -0.180. The Morgan fingerprint density at radius 3 is 1.51 bits per heavy atom. The van der Waals surface area contributed by atoms with Crippen LogP contribution in [-0.2, 0) is 5.41 Å². The molecule has 0 aliphatic heterocycles. The van der Waals surface area contributed by atoms with Gasteiger partial charge in [0.1, 0.15) is 0 Å². The van der Waals surface area contributed by atoms with E-state index in [9.17, 15) is 0 Å². The lowest BCUT2D eigenvalue weighted by atomic mass is 9.80. The summed E-state index contributed by atoms with van der Waals surface area (Å²) in [5.41, 5.74) is 13.0. The third-order valence-corrected chi connectivity index (χ3v) is 16.5. The molecule has 0 N–H and O–H groups in total. The van der Waals surface area contributed by atoms with Gasteiger partial charge in [0.05, 0.1) is 0 Å². The first kappa shape index (κ1) is 35.5. The molecule has 294 valence electrons. The fraction of sp³-hybridized carbons (Fsp3) is 0.0492. The third-order valence-electron chi connectivity index (χ3n) is 14.2. The van der Waals surface area contributed by atoms with Crippen LogP contribution in [0.25, 0.3) is 128 Å². The summed E-state index contributed by atoms with van der Waals surface area (Å²) in [6.07, 6.45) is 0. The molecule has 0 saturated heterocycles. The molecule has 2 heteroatoms. The summed E-state index contributed by atoms with van der Waals surface area (Å²) in [6.45, 7) is 4.83. The van der Waals surface area contributed by atoms with E-state index in [0.29, 0.717) is 0 Å². The van der Waals surface area contributed by atoms with Gasteiger partial charge in [-0.15, -0.1) is 22.7 Å². The van der Waals surface area contributed by atoms with E-state index in [2.05, 4.69) is 208 Å². The van der Waals surface area contributed by atoms with Crippen LogP contribution in [0.3, 0.4) is 0 Å². The molecule has 0 radical (unpaired) electrons. The van der Waals surface area contributed by atoms with Crippen molar-refractivity contribution in [2.24, 2.45) is 0 Å². The van der Waals surface area contributed by atoms with Gasteiger partial charge in [-0.2, -0.15) is 0 Å². The number of fused-ring (bicyclic) bond motifs is 15. The van der Waals surface area contributed by atoms with Crippen molar-refractivity contribution in [2.75, 3.05) is 0 Å².